The Hall–Kier alpha value is -0.560. The van der Waals surface area contributed by atoms with E-state index in [9.17, 15) is 4.39 Å². The van der Waals surface area contributed by atoms with Gasteiger partial charge in [0.15, 0.2) is 0 Å². The molecule has 1 aliphatic rings. The molecule has 0 aliphatic heterocycles. The van der Waals surface area contributed by atoms with E-state index in [1.54, 1.807) is 12.1 Å². The Morgan fingerprint density at radius 2 is 2.15 bits per heavy atom. The predicted molar refractivity (Wildman–Crippen MR) is 52.5 cm³/mol. The quantitative estimate of drug-likeness (QED) is 0.645. The molecule has 70 valence electrons. The van der Waals surface area contributed by atoms with Crippen LogP contribution >= 0.6 is 11.6 Å². The topological polar surface area (TPSA) is 0 Å². The normalized spacial score (nSPS) is 31.8. The number of hydrogen-bond donors (Lipinski definition) is 0. The van der Waals surface area contributed by atoms with Crippen LogP contribution in [0.1, 0.15) is 25.8 Å². The third-order valence-electron chi connectivity index (χ3n) is 3.19. The maximum Gasteiger partial charge on any atom is 0.128 e. The molecule has 0 unspecified atom stereocenters. The fourth-order valence-electron chi connectivity index (χ4n) is 1.97. The zero-order valence-electron chi connectivity index (χ0n) is 7.77. The molecule has 1 fully saturated rings. The third kappa shape index (κ3) is 1.26. The van der Waals surface area contributed by atoms with E-state index in [1.165, 1.54) is 6.07 Å². The molecule has 0 spiro atoms. The number of rotatable bonds is 1. The predicted octanol–water partition coefficient (Wildman–Crippen LogP) is 3.78. The van der Waals surface area contributed by atoms with Crippen molar-refractivity contribution in [3.05, 3.63) is 34.6 Å². The van der Waals surface area contributed by atoms with Gasteiger partial charge in [-0.05, 0) is 29.9 Å². The highest BCUT2D eigenvalue weighted by Crippen LogP contribution is 2.55. The molecule has 0 radical (unpaired) electrons. The SMILES string of the molecule is C[C@H]1C[C@]1(C)c1c(F)cccc1Cl. The molecule has 2 heteroatoms. The molecule has 1 aliphatic carbocycles. The molecular weight excluding hydrogens is 187 g/mol. The smallest absolute Gasteiger partial charge is 0.128 e. The average Bonchev–Trinajstić information content (AvgIpc) is 2.59. The number of benzene rings is 1. The van der Waals surface area contributed by atoms with E-state index in [2.05, 4.69) is 13.8 Å². The second-order valence-corrected chi connectivity index (χ2v) is 4.53. The molecule has 0 N–H and O–H groups in total. The zero-order valence-corrected chi connectivity index (χ0v) is 8.53. The molecule has 0 saturated heterocycles. The Kier molecular flexibility index (Phi) is 1.88. The van der Waals surface area contributed by atoms with E-state index < -0.39 is 0 Å². The molecule has 0 aromatic heterocycles. The van der Waals surface area contributed by atoms with Crippen molar-refractivity contribution in [2.24, 2.45) is 5.92 Å². The zero-order chi connectivity index (χ0) is 9.64. The average molecular weight is 199 g/mol. The van der Waals surface area contributed by atoms with Crippen LogP contribution in [0.4, 0.5) is 4.39 Å². The van der Waals surface area contributed by atoms with Crippen LogP contribution in [0.5, 0.6) is 0 Å². The summed E-state index contributed by atoms with van der Waals surface area (Å²) in [6.07, 6.45) is 1.04. The van der Waals surface area contributed by atoms with E-state index >= 15 is 0 Å². The van der Waals surface area contributed by atoms with Gasteiger partial charge in [0.1, 0.15) is 5.82 Å². The fourth-order valence-corrected chi connectivity index (χ4v) is 2.35. The van der Waals surface area contributed by atoms with Crippen LogP contribution in [0.2, 0.25) is 5.02 Å². The van der Waals surface area contributed by atoms with Gasteiger partial charge in [0.2, 0.25) is 0 Å². The molecule has 0 bridgehead atoms. The molecular formula is C11H12ClF. The first kappa shape index (κ1) is 9.01. The first-order valence-corrected chi connectivity index (χ1v) is 4.88. The largest absolute Gasteiger partial charge is 0.207 e. The van der Waals surface area contributed by atoms with Crippen molar-refractivity contribution in [2.75, 3.05) is 0 Å². The van der Waals surface area contributed by atoms with Gasteiger partial charge in [-0.25, -0.2) is 4.39 Å². The Labute approximate surface area is 82.7 Å². The van der Waals surface area contributed by atoms with Crippen molar-refractivity contribution >= 4 is 11.6 Å². The van der Waals surface area contributed by atoms with Gasteiger partial charge in [-0.15, -0.1) is 0 Å². The van der Waals surface area contributed by atoms with E-state index in [0.717, 1.165) is 6.42 Å². The van der Waals surface area contributed by atoms with Crippen molar-refractivity contribution in [2.45, 2.75) is 25.7 Å². The molecule has 1 aromatic rings. The summed E-state index contributed by atoms with van der Waals surface area (Å²) in [5.41, 5.74) is 0.673. The highest BCUT2D eigenvalue weighted by atomic mass is 35.5. The van der Waals surface area contributed by atoms with Gasteiger partial charge in [0.05, 0.1) is 0 Å². The summed E-state index contributed by atoms with van der Waals surface area (Å²) < 4.78 is 13.5. The van der Waals surface area contributed by atoms with Gasteiger partial charge >= 0.3 is 0 Å². The third-order valence-corrected chi connectivity index (χ3v) is 3.51. The monoisotopic (exact) mass is 198 g/mol. The van der Waals surface area contributed by atoms with Crippen LogP contribution in [0, 0.1) is 11.7 Å². The van der Waals surface area contributed by atoms with Gasteiger partial charge in [0.25, 0.3) is 0 Å². The molecule has 2 atom stereocenters. The van der Waals surface area contributed by atoms with E-state index in [4.69, 9.17) is 11.6 Å². The fraction of sp³-hybridized carbons (Fsp3) is 0.455. The number of hydrogen-bond acceptors (Lipinski definition) is 0. The molecule has 0 heterocycles. The highest BCUT2D eigenvalue weighted by Gasteiger charge is 2.50. The van der Waals surface area contributed by atoms with Gasteiger partial charge in [-0.2, -0.15) is 0 Å². The maximum absolute atomic E-state index is 13.5. The lowest BCUT2D eigenvalue weighted by Gasteiger charge is -2.13. The molecule has 0 amide bonds. The van der Waals surface area contributed by atoms with Crippen molar-refractivity contribution in [1.82, 2.24) is 0 Å². The maximum atomic E-state index is 13.5. The van der Waals surface area contributed by atoms with Crippen LogP contribution in [-0.2, 0) is 5.41 Å². The Morgan fingerprint density at radius 3 is 2.62 bits per heavy atom. The summed E-state index contributed by atoms with van der Waals surface area (Å²) >= 11 is 5.98. The van der Waals surface area contributed by atoms with Crippen LogP contribution in [0.25, 0.3) is 0 Å². The van der Waals surface area contributed by atoms with Crippen molar-refractivity contribution in [3.8, 4) is 0 Å². The summed E-state index contributed by atoms with van der Waals surface area (Å²) in [5.74, 6) is 0.376. The molecule has 1 saturated carbocycles. The van der Waals surface area contributed by atoms with Crippen LogP contribution in [0.15, 0.2) is 18.2 Å². The van der Waals surface area contributed by atoms with Crippen LogP contribution < -0.4 is 0 Å². The second-order valence-electron chi connectivity index (χ2n) is 4.12. The van der Waals surface area contributed by atoms with Gasteiger partial charge in [0, 0.05) is 10.6 Å². The summed E-state index contributed by atoms with van der Waals surface area (Å²) in [7, 11) is 0. The lowest BCUT2D eigenvalue weighted by Crippen LogP contribution is -2.07. The molecule has 1 aromatic carbocycles. The summed E-state index contributed by atoms with van der Waals surface area (Å²) in [5, 5.41) is 0.562. The van der Waals surface area contributed by atoms with Crippen molar-refractivity contribution in [1.29, 1.82) is 0 Å². The van der Waals surface area contributed by atoms with Gasteiger partial charge in [-0.1, -0.05) is 31.5 Å². The summed E-state index contributed by atoms with van der Waals surface area (Å²) in [6, 6.07) is 4.89. The molecule has 2 rings (SSSR count). The summed E-state index contributed by atoms with van der Waals surface area (Å²) in [4.78, 5) is 0. The lowest BCUT2D eigenvalue weighted by molar-refractivity contribution is 0.572. The first-order valence-electron chi connectivity index (χ1n) is 4.50. The Balaban J connectivity index is 2.52. The minimum absolute atomic E-state index is 0.0254. The Bertz CT molecular complexity index is 328. The number of halogens is 2. The lowest BCUT2D eigenvalue weighted by atomic mass is 9.95. The van der Waals surface area contributed by atoms with Crippen LogP contribution in [0.3, 0.4) is 0 Å². The van der Waals surface area contributed by atoms with E-state index in [-0.39, 0.29) is 11.2 Å². The van der Waals surface area contributed by atoms with E-state index in [0.29, 0.717) is 16.5 Å². The summed E-state index contributed by atoms with van der Waals surface area (Å²) in [6.45, 7) is 4.20. The minimum atomic E-state index is -0.167. The first-order chi connectivity index (χ1) is 6.05. The van der Waals surface area contributed by atoms with Crippen LogP contribution in [-0.4, -0.2) is 0 Å². The Morgan fingerprint density at radius 1 is 1.54 bits per heavy atom. The van der Waals surface area contributed by atoms with Crippen molar-refractivity contribution in [3.63, 3.8) is 0 Å². The second kappa shape index (κ2) is 2.71. The van der Waals surface area contributed by atoms with E-state index in [1.807, 2.05) is 0 Å². The highest BCUT2D eigenvalue weighted by molar-refractivity contribution is 6.31. The van der Waals surface area contributed by atoms with Gasteiger partial charge < -0.3 is 0 Å². The minimum Gasteiger partial charge on any atom is -0.207 e. The standard InChI is InChI=1S/C11H12ClF/c1-7-6-11(7,2)10-8(12)4-3-5-9(10)13/h3-5,7H,6H2,1-2H3/t7-,11-/m0/s1. The van der Waals surface area contributed by atoms with Crippen molar-refractivity contribution < 1.29 is 4.39 Å². The molecule has 0 nitrogen and oxygen atoms in total. The van der Waals surface area contributed by atoms with Gasteiger partial charge in [-0.3, -0.25) is 0 Å². The molecule has 13 heavy (non-hydrogen) atoms.